The summed E-state index contributed by atoms with van der Waals surface area (Å²) in [6.45, 7) is -0.0119. The Balaban J connectivity index is 2.27. The maximum atomic E-state index is 13.8. The van der Waals surface area contributed by atoms with Gasteiger partial charge in [-0.15, -0.1) is 0 Å². The maximum Gasteiger partial charge on any atom is 0.243 e. The van der Waals surface area contributed by atoms with Gasteiger partial charge in [0.25, 0.3) is 0 Å². The number of aromatic nitrogens is 1. The molecule has 0 aliphatic rings. The number of nitrogens with two attached hydrogens (primary N) is 1. The van der Waals surface area contributed by atoms with Crippen LogP contribution < -0.4 is 10.5 Å². The van der Waals surface area contributed by atoms with Gasteiger partial charge in [-0.3, -0.25) is 4.98 Å². The van der Waals surface area contributed by atoms with Crippen LogP contribution in [-0.2, 0) is 16.6 Å². The molecule has 1 aromatic carbocycles. The van der Waals surface area contributed by atoms with Crippen LogP contribution in [0.25, 0.3) is 0 Å². The molecule has 2 rings (SSSR count). The number of sulfonamides is 1. The Labute approximate surface area is 120 Å². The largest absolute Gasteiger partial charge is 0.399 e. The summed E-state index contributed by atoms with van der Waals surface area (Å²) in [5.74, 6) is -1.03. The lowest BCUT2D eigenvalue weighted by Crippen LogP contribution is -2.24. The fraction of sp³-hybridized carbons (Fsp3) is 0.0833. The monoisotopic (exact) mass is 315 g/mol. The number of rotatable bonds is 4. The van der Waals surface area contributed by atoms with Gasteiger partial charge in [0.05, 0.1) is 5.02 Å². The predicted octanol–water partition coefficient (Wildman–Crippen LogP) is 1.93. The molecule has 0 radical (unpaired) electrons. The van der Waals surface area contributed by atoms with Crippen molar-refractivity contribution >= 4 is 27.3 Å². The van der Waals surface area contributed by atoms with Crippen LogP contribution in [0.2, 0.25) is 5.02 Å². The van der Waals surface area contributed by atoms with E-state index in [9.17, 15) is 12.8 Å². The molecule has 0 fully saturated rings. The Kier molecular flexibility index (Phi) is 4.22. The molecule has 0 bridgehead atoms. The number of pyridine rings is 1. The van der Waals surface area contributed by atoms with Gasteiger partial charge in [-0.25, -0.2) is 17.5 Å². The molecule has 0 aliphatic heterocycles. The van der Waals surface area contributed by atoms with Crippen molar-refractivity contribution in [3.05, 3.63) is 53.1 Å². The SMILES string of the molecule is Nc1cc(Cl)c(F)c(S(=O)(=O)NCc2cccnc2)c1. The summed E-state index contributed by atoms with van der Waals surface area (Å²) >= 11 is 5.59. The fourth-order valence-electron chi connectivity index (χ4n) is 1.54. The smallest absolute Gasteiger partial charge is 0.243 e. The van der Waals surface area contributed by atoms with Crippen LogP contribution >= 0.6 is 11.6 Å². The fourth-order valence-corrected chi connectivity index (χ4v) is 2.97. The van der Waals surface area contributed by atoms with Crippen LogP contribution in [0.3, 0.4) is 0 Å². The molecule has 2 aromatic rings. The third-order valence-electron chi connectivity index (χ3n) is 2.50. The molecule has 0 amide bonds. The van der Waals surface area contributed by atoms with Gasteiger partial charge >= 0.3 is 0 Å². The van der Waals surface area contributed by atoms with Gasteiger partial charge in [0.2, 0.25) is 10.0 Å². The molecule has 3 N–H and O–H groups in total. The maximum absolute atomic E-state index is 13.8. The number of hydrogen-bond donors (Lipinski definition) is 2. The van der Waals surface area contributed by atoms with Crippen LogP contribution in [0.15, 0.2) is 41.6 Å². The van der Waals surface area contributed by atoms with Gasteiger partial charge in [0, 0.05) is 24.6 Å². The minimum absolute atomic E-state index is 0.0119. The van der Waals surface area contributed by atoms with Crippen LogP contribution in [0, 0.1) is 5.82 Å². The zero-order valence-electron chi connectivity index (χ0n) is 10.2. The highest BCUT2D eigenvalue weighted by Crippen LogP contribution is 2.25. The lowest BCUT2D eigenvalue weighted by Gasteiger charge is -2.09. The highest BCUT2D eigenvalue weighted by Gasteiger charge is 2.21. The first-order valence-corrected chi connectivity index (χ1v) is 7.39. The number of benzene rings is 1. The van der Waals surface area contributed by atoms with Gasteiger partial charge in [0.15, 0.2) is 5.82 Å². The second-order valence-electron chi connectivity index (χ2n) is 4.00. The first kappa shape index (κ1) is 14.7. The number of halogens is 2. The van der Waals surface area contributed by atoms with Crippen molar-refractivity contribution in [1.82, 2.24) is 9.71 Å². The molecule has 0 saturated carbocycles. The molecule has 1 aromatic heterocycles. The van der Waals surface area contributed by atoms with Crippen LogP contribution in [-0.4, -0.2) is 13.4 Å². The molecule has 0 aliphatic carbocycles. The molecule has 0 atom stereocenters. The van der Waals surface area contributed by atoms with Gasteiger partial charge in [-0.05, 0) is 23.8 Å². The van der Waals surface area contributed by atoms with Crippen LogP contribution in [0.1, 0.15) is 5.56 Å². The number of nitrogens with one attached hydrogen (secondary N) is 1. The minimum Gasteiger partial charge on any atom is -0.399 e. The topological polar surface area (TPSA) is 85.1 Å². The Morgan fingerprint density at radius 1 is 1.40 bits per heavy atom. The highest BCUT2D eigenvalue weighted by atomic mass is 35.5. The average Bonchev–Trinajstić information content (AvgIpc) is 2.42. The van der Waals surface area contributed by atoms with Gasteiger partial charge in [0.1, 0.15) is 4.90 Å². The summed E-state index contributed by atoms with van der Waals surface area (Å²) in [6, 6.07) is 5.53. The lowest BCUT2D eigenvalue weighted by atomic mass is 10.3. The van der Waals surface area contributed by atoms with E-state index in [1.165, 1.54) is 6.20 Å². The Bertz CT molecular complexity index is 723. The molecule has 1 heterocycles. The Morgan fingerprint density at radius 2 is 2.15 bits per heavy atom. The van der Waals surface area contributed by atoms with E-state index < -0.39 is 20.7 Å². The van der Waals surface area contributed by atoms with Crippen molar-refractivity contribution < 1.29 is 12.8 Å². The number of nitrogens with zero attached hydrogens (tertiary/aromatic N) is 1. The van der Waals surface area contributed by atoms with Gasteiger partial charge in [-0.2, -0.15) is 0 Å². The van der Waals surface area contributed by atoms with E-state index in [1.807, 2.05) is 0 Å². The van der Waals surface area contributed by atoms with Crippen molar-refractivity contribution in [3.8, 4) is 0 Å². The standard InChI is InChI=1S/C12H11ClFN3O2S/c13-10-4-9(15)5-11(12(10)14)20(18,19)17-7-8-2-1-3-16-6-8/h1-6,17H,7,15H2. The summed E-state index contributed by atoms with van der Waals surface area (Å²) in [5.41, 5.74) is 6.19. The zero-order chi connectivity index (χ0) is 14.8. The molecule has 106 valence electrons. The lowest BCUT2D eigenvalue weighted by molar-refractivity contribution is 0.557. The normalized spacial score (nSPS) is 11.5. The van der Waals surface area contributed by atoms with Crippen LogP contribution in [0.4, 0.5) is 10.1 Å². The Morgan fingerprint density at radius 3 is 2.80 bits per heavy atom. The molecule has 0 saturated heterocycles. The first-order chi connectivity index (χ1) is 9.40. The molecule has 0 unspecified atom stereocenters. The first-order valence-electron chi connectivity index (χ1n) is 5.53. The van der Waals surface area contributed by atoms with Crippen LogP contribution in [0.5, 0.6) is 0 Å². The van der Waals surface area contributed by atoms with Crippen molar-refractivity contribution in [2.75, 3.05) is 5.73 Å². The van der Waals surface area contributed by atoms with E-state index in [-0.39, 0.29) is 17.3 Å². The van der Waals surface area contributed by atoms with E-state index in [4.69, 9.17) is 17.3 Å². The molecule has 20 heavy (non-hydrogen) atoms. The second kappa shape index (κ2) is 5.74. The quantitative estimate of drug-likeness (QED) is 0.844. The third-order valence-corrected chi connectivity index (χ3v) is 4.17. The summed E-state index contributed by atoms with van der Waals surface area (Å²) in [5, 5.41) is -0.341. The van der Waals surface area contributed by atoms with Crippen molar-refractivity contribution in [2.45, 2.75) is 11.4 Å². The molecule has 0 spiro atoms. The summed E-state index contributed by atoms with van der Waals surface area (Å²) < 4.78 is 40.1. The minimum atomic E-state index is -4.05. The van der Waals surface area contributed by atoms with E-state index >= 15 is 0 Å². The van der Waals surface area contributed by atoms with Crippen molar-refractivity contribution in [3.63, 3.8) is 0 Å². The molecular formula is C12H11ClFN3O2S. The molecular weight excluding hydrogens is 305 g/mol. The third kappa shape index (κ3) is 3.24. The number of hydrogen-bond acceptors (Lipinski definition) is 4. The molecule has 8 heteroatoms. The summed E-state index contributed by atoms with van der Waals surface area (Å²) in [6.07, 6.45) is 3.07. The van der Waals surface area contributed by atoms with Crippen molar-refractivity contribution in [2.24, 2.45) is 0 Å². The predicted molar refractivity (Wildman–Crippen MR) is 74.1 cm³/mol. The number of anilines is 1. The molecule has 5 nitrogen and oxygen atoms in total. The summed E-state index contributed by atoms with van der Waals surface area (Å²) in [4.78, 5) is 3.28. The van der Waals surface area contributed by atoms with E-state index in [2.05, 4.69) is 9.71 Å². The van der Waals surface area contributed by atoms with Crippen molar-refractivity contribution in [1.29, 1.82) is 0 Å². The second-order valence-corrected chi connectivity index (χ2v) is 6.14. The highest BCUT2D eigenvalue weighted by molar-refractivity contribution is 7.89. The Hall–Kier alpha value is -1.70. The van der Waals surface area contributed by atoms with E-state index in [0.29, 0.717) is 5.56 Å². The van der Waals surface area contributed by atoms with Gasteiger partial charge < -0.3 is 5.73 Å². The summed E-state index contributed by atoms with van der Waals surface area (Å²) in [7, 11) is -4.05. The van der Waals surface area contributed by atoms with Gasteiger partial charge in [-0.1, -0.05) is 17.7 Å². The average molecular weight is 316 g/mol. The zero-order valence-corrected chi connectivity index (χ0v) is 11.7. The number of nitrogen functional groups attached to an aromatic ring is 1. The van der Waals surface area contributed by atoms with E-state index in [1.54, 1.807) is 18.3 Å². The van der Waals surface area contributed by atoms with E-state index in [0.717, 1.165) is 12.1 Å².